The number of hydrogen-bond acceptors (Lipinski definition) is 5. The lowest BCUT2D eigenvalue weighted by molar-refractivity contribution is 0.1000. The molecular formula is C12H17N3O4S. The van der Waals surface area contributed by atoms with Crippen LogP contribution in [0.25, 0.3) is 0 Å². The first-order valence-corrected chi connectivity index (χ1v) is 7.64. The third-order valence-corrected chi connectivity index (χ3v) is 5.21. The maximum Gasteiger partial charge on any atom is 0.248 e. The van der Waals surface area contributed by atoms with E-state index < -0.39 is 22.0 Å². The molecule has 1 aromatic rings. The van der Waals surface area contributed by atoms with Gasteiger partial charge >= 0.3 is 0 Å². The zero-order valence-corrected chi connectivity index (χ0v) is 11.6. The van der Waals surface area contributed by atoms with E-state index in [0.29, 0.717) is 19.4 Å². The Morgan fingerprint density at radius 2 is 2.10 bits per heavy atom. The molecule has 1 unspecified atom stereocenters. The number of aliphatic hydroxyl groups excluding tert-OH is 1. The fourth-order valence-electron chi connectivity index (χ4n) is 2.21. The van der Waals surface area contributed by atoms with Gasteiger partial charge in [0.05, 0.1) is 11.8 Å². The second-order valence-electron chi connectivity index (χ2n) is 4.78. The fraction of sp³-hybridized carbons (Fsp3) is 0.417. The molecule has 2 rings (SSSR count). The van der Waals surface area contributed by atoms with Gasteiger partial charge in [0, 0.05) is 18.7 Å². The third-order valence-electron chi connectivity index (χ3n) is 3.27. The Balaban J connectivity index is 2.36. The number of benzene rings is 1. The van der Waals surface area contributed by atoms with E-state index in [1.165, 1.54) is 22.5 Å². The molecule has 20 heavy (non-hydrogen) atoms. The summed E-state index contributed by atoms with van der Waals surface area (Å²) >= 11 is 0. The quantitative estimate of drug-likeness (QED) is 0.649. The molecule has 1 atom stereocenters. The van der Waals surface area contributed by atoms with Crippen LogP contribution >= 0.6 is 0 Å². The summed E-state index contributed by atoms with van der Waals surface area (Å²) in [6, 6.07) is 3.84. The van der Waals surface area contributed by atoms with Crippen LogP contribution < -0.4 is 11.5 Å². The van der Waals surface area contributed by atoms with Crippen LogP contribution in [0.15, 0.2) is 23.1 Å². The molecule has 1 aliphatic rings. The molecular weight excluding hydrogens is 282 g/mol. The number of carbonyl (C=O) groups is 1. The largest absolute Gasteiger partial charge is 0.398 e. The molecule has 0 saturated carbocycles. The van der Waals surface area contributed by atoms with Crippen molar-refractivity contribution in [3.05, 3.63) is 23.8 Å². The molecule has 1 heterocycles. The van der Waals surface area contributed by atoms with Crippen molar-refractivity contribution in [2.24, 2.45) is 5.73 Å². The molecule has 0 radical (unpaired) electrons. The summed E-state index contributed by atoms with van der Waals surface area (Å²) in [5, 5.41) is 9.58. The van der Waals surface area contributed by atoms with E-state index in [9.17, 15) is 18.3 Å². The first-order chi connectivity index (χ1) is 9.32. The lowest BCUT2D eigenvalue weighted by atomic mass is 10.1. The van der Waals surface area contributed by atoms with Crippen LogP contribution in [0, 0.1) is 0 Å². The highest BCUT2D eigenvalue weighted by atomic mass is 32.2. The predicted molar refractivity (Wildman–Crippen MR) is 73.4 cm³/mol. The van der Waals surface area contributed by atoms with E-state index >= 15 is 0 Å². The number of primary amides is 1. The number of nitrogens with zero attached hydrogens (tertiary/aromatic N) is 1. The number of piperidine rings is 1. The second-order valence-corrected chi connectivity index (χ2v) is 6.68. The van der Waals surface area contributed by atoms with Crippen LogP contribution in [-0.2, 0) is 10.0 Å². The Hall–Kier alpha value is -1.64. The molecule has 1 fully saturated rings. The van der Waals surface area contributed by atoms with Crippen molar-refractivity contribution < 1.29 is 18.3 Å². The lowest BCUT2D eigenvalue weighted by Crippen LogP contribution is -2.42. The van der Waals surface area contributed by atoms with Crippen LogP contribution in [0.1, 0.15) is 23.2 Å². The van der Waals surface area contributed by atoms with Gasteiger partial charge in [-0.1, -0.05) is 0 Å². The van der Waals surface area contributed by atoms with E-state index in [0.717, 1.165) is 0 Å². The molecule has 0 spiro atoms. The van der Waals surface area contributed by atoms with Gasteiger partial charge in [-0.05, 0) is 31.0 Å². The highest BCUT2D eigenvalue weighted by Crippen LogP contribution is 2.26. The monoisotopic (exact) mass is 299 g/mol. The minimum absolute atomic E-state index is 0.0265. The van der Waals surface area contributed by atoms with E-state index in [-0.39, 0.29) is 22.7 Å². The number of β-amino-alcohol motifs (C(OH)–C–C–N with tert-alkyl or cyclic N) is 1. The van der Waals surface area contributed by atoms with Gasteiger partial charge in [-0.2, -0.15) is 4.31 Å². The number of nitrogen functional groups attached to an aromatic ring is 1. The summed E-state index contributed by atoms with van der Waals surface area (Å²) in [7, 11) is -3.77. The van der Waals surface area contributed by atoms with Crippen molar-refractivity contribution in [1.82, 2.24) is 4.31 Å². The molecule has 1 aliphatic heterocycles. The van der Waals surface area contributed by atoms with E-state index in [4.69, 9.17) is 11.5 Å². The van der Waals surface area contributed by atoms with Crippen LogP contribution in [0.4, 0.5) is 5.69 Å². The van der Waals surface area contributed by atoms with Crippen LogP contribution in [0.5, 0.6) is 0 Å². The molecule has 8 heteroatoms. The number of nitrogens with two attached hydrogens (primary N) is 2. The number of aliphatic hydroxyl groups is 1. The van der Waals surface area contributed by atoms with Gasteiger partial charge in [0.15, 0.2) is 0 Å². The SMILES string of the molecule is NC(=O)c1ccc(S(=O)(=O)N2CCCC(O)C2)c(N)c1. The molecule has 0 aliphatic carbocycles. The van der Waals surface area contributed by atoms with Gasteiger partial charge in [0.25, 0.3) is 0 Å². The zero-order chi connectivity index (χ0) is 14.9. The average molecular weight is 299 g/mol. The van der Waals surface area contributed by atoms with Crippen LogP contribution in [-0.4, -0.2) is 42.9 Å². The lowest BCUT2D eigenvalue weighted by Gasteiger charge is -2.29. The first kappa shape index (κ1) is 14.8. The maximum atomic E-state index is 12.5. The predicted octanol–water partition coefficient (Wildman–Crippen LogP) is -0.487. The summed E-state index contributed by atoms with van der Waals surface area (Å²) in [5.41, 5.74) is 11.0. The molecule has 5 N–H and O–H groups in total. The number of carbonyl (C=O) groups excluding carboxylic acids is 1. The molecule has 1 amide bonds. The minimum Gasteiger partial charge on any atom is -0.398 e. The molecule has 0 aromatic heterocycles. The Kier molecular flexibility index (Phi) is 3.98. The topological polar surface area (TPSA) is 127 Å². The highest BCUT2D eigenvalue weighted by Gasteiger charge is 2.30. The highest BCUT2D eigenvalue weighted by molar-refractivity contribution is 7.89. The maximum absolute atomic E-state index is 12.5. The Morgan fingerprint density at radius 3 is 2.65 bits per heavy atom. The van der Waals surface area contributed by atoms with Crippen molar-refractivity contribution in [3.8, 4) is 0 Å². The summed E-state index contributed by atoms with van der Waals surface area (Å²) in [6.45, 7) is 0.399. The summed E-state index contributed by atoms with van der Waals surface area (Å²) < 4.78 is 26.1. The minimum atomic E-state index is -3.77. The normalized spacial score (nSPS) is 20.8. The number of amides is 1. The zero-order valence-electron chi connectivity index (χ0n) is 10.8. The summed E-state index contributed by atoms with van der Waals surface area (Å²) in [5.74, 6) is -0.672. The Labute approximate surface area is 117 Å². The molecule has 0 bridgehead atoms. The van der Waals surface area contributed by atoms with Gasteiger partial charge in [-0.3, -0.25) is 4.79 Å². The average Bonchev–Trinajstić information content (AvgIpc) is 2.38. The van der Waals surface area contributed by atoms with Crippen molar-refractivity contribution >= 4 is 21.6 Å². The van der Waals surface area contributed by atoms with E-state index in [2.05, 4.69) is 0 Å². The third kappa shape index (κ3) is 2.77. The smallest absolute Gasteiger partial charge is 0.248 e. The van der Waals surface area contributed by atoms with Crippen LogP contribution in [0.3, 0.4) is 0 Å². The first-order valence-electron chi connectivity index (χ1n) is 6.20. The Bertz CT molecular complexity index is 630. The van der Waals surface area contributed by atoms with Crippen molar-refractivity contribution in [3.63, 3.8) is 0 Å². The van der Waals surface area contributed by atoms with Gasteiger partial charge < -0.3 is 16.6 Å². The number of rotatable bonds is 3. The second kappa shape index (κ2) is 5.39. The molecule has 1 saturated heterocycles. The molecule has 110 valence electrons. The summed E-state index contributed by atoms with van der Waals surface area (Å²) in [4.78, 5) is 11.0. The van der Waals surface area contributed by atoms with E-state index in [1.54, 1.807) is 0 Å². The van der Waals surface area contributed by atoms with Crippen molar-refractivity contribution in [1.29, 1.82) is 0 Å². The van der Waals surface area contributed by atoms with Gasteiger partial charge in [-0.25, -0.2) is 8.42 Å². The van der Waals surface area contributed by atoms with Crippen molar-refractivity contribution in [2.75, 3.05) is 18.8 Å². The standard InChI is InChI=1S/C12H17N3O4S/c13-10-6-8(12(14)17)3-4-11(10)20(18,19)15-5-1-2-9(16)7-15/h3-4,6,9,16H,1-2,5,7,13H2,(H2,14,17). The molecule has 7 nitrogen and oxygen atoms in total. The summed E-state index contributed by atoms with van der Waals surface area (Å²) in [6.07, 6.45) is 0.520. The Morgan fingerprint density at radius 1 is 1.40 bits per heavy atom. The number of hydrogen-bond donors (Lipinski definition) is 3. The fourth-order valence-corrected chi connectivity index (χ4v) is 3.83. The van der Waals surface area contributed by atoms with E-state index in [1.807, 2.05) is 0 Å². The van der Waals surface area contributed by atoms with Crippen LogP contribution in [0.2, 0.25) is 0 Å². The van der Waals surface area contributed by atoms with Gasteiger partial charge in [0.2, 0.25) is 15.9 Å². The van der Waals surface area contributed by atoms with Gasteiger partial charge in [-0.15, -0.1) is 0 Å². The number of sulfonamides is 1. The van der Waals surface area contributed by atoms with Crippen molar-refractivity contribution in [2.45, 2.75) is 23.8 Å². The van der Waals surface area contributed by atoms with Gasteiger partial charge in [0.1, 0.15) is 4.90 Å². The number of anilines is 1. The molecule has 1 aromatic carbocycles.